The number of para-hydroxylation sites is 1. The van der Waals surface area contributed by atoms with Gasteiger partial charge >= 0.3 is 0 Å². The van der Waals surface area contributed by atoms with E-state index in [1.54, 1.807) is 0 Å². The van der Waals surface area contributed by atoms with Crippen LogP contribution in [0.2, 0.25) is 0 Å². The van der Waals surface area contributed by atoms with Gasteiger partial charge in [-0.1, -0.05) is 31.4 Å². The average molecular weight is 275 g/mol. The lowest BCUT2D eigenvalue weighted by atomic mass is 9.79. The fourth-order valence-electron chi connectivity index (χ4n) is 3.63. The maximum absolute atomic E-state index is 6.24. The summed E-state index contributed by atoms with van der Waals surface area (Å²) < 4.78 is 12.4. The second-order valence-electron chi connectivity index (χ2n) is 6.32. The number of aryl methyl sites for hydroxylation is 1. The molecule has 0 radical (unpaired) electrons. The van der Waals surface area contributed by atoms with E-state index in [0.29, 0.717) is 0 Å². The highest BCUT2D eigenvalue weighted by Gasteiger charge is 2.39. The standard InChI is InChI=1S/C17H25NO2/c1-13-6-5-7-15(18)16(13)20-14-8-11-19-17(12-14)9-3-2-4-10-17/h5-7,14H,2-4,8-12,18H2,1H3. The SMILES string of the molecule is Cc1cccc(N)c1OC1CCOC2(CCCCC2)C1. The van der Waals surface area contributed by atoms with E-state index >= 15 is 0 Å². The van der Waals surface area contributed by atoms with Crippen LogP contribution in [-0.4, -0.2) is 18.3 Å². The third kappa shape index (κ3) is 2.78. The molecule has 20 heavy (non-hydrogen) atoms. The number of hydrogen-bond donors (Lipinski definition) is 1. The van der Waals surface area contributed by atoms with Crippen molar-refractivity contribution in [2.75, 3.05) is 12.3 Å². The Balaban J connectivity index is 1.71. The van der Waals surface area contributed by atoms with E-state index in [-0.39, 0.29) is 11.7 Å². The first kappa shape index (κ1) is 13.7. The van der Waals surface area contributed by atoms with Gasteiger partial charge in [0.2, 0.25) is 0 Å². The Morgan fingerprint density at radius 3 is 2.80 bits per heavy atom. The van der Waals surface area contributed by atoms with Crippen LogP contribution in [0, 0.1) is 6.92 Å². The molecule has 1 spiro atoms. The number of ether oxygens (including phenoxy) is 2. The molecule has 1 aromatic carbocycles. The molecule has 1 aliphatic heterocycles. The maximum atomic E-state index is 6.24. The topological polar surface area (TPSA) is 44.5 Å². The van der Waals surface area contributed by atoms with E-state index < -0.39 is 0 Å². The van der Waals surface area contributed by atoms with Gasteiger partial charge in [-0.05, 0) is 31.4 Å². The highest BCUT2D eigenvalue weighted by Crippen LogP contribution is 2.40. The van der Waals surface area contributed by atoms with Crippen LogP contribution in [0.4, 0.5) is 5.69 Å². The number of benzene rings is 1. The summed E-state index contributed by atoms with van der Waals surface area (Å²) in [5.74, 6) is 0.866. The zero-order chi connectivity index (χ0) is 14.0. The van der Waals surface area contributed by atoms with Crippen molar-refractivity contribution in [3.63, 3.8) is 0 Å². The summed E-state index contributed by atoms with van der Waals surface area (Å²) in [5, 5.41) is 0. The fourth-order valence-corrected chi connectivity index (χ4v) is 3.63. The number of nitrogen functional groups attached to an aromatic ring is 1. The monoisotopic (exact) mass is 275 g/mol. The van der Waals surface area contributed by atoms with Gasteiger partial charge < -0.3 is 15.2 Å². The lowest BCUT2D eigenvalue weighted by Crippen LogP contribution is -2.45. The summed E-state index contributed by atoms with van der Waals surface area (Å²) in [6, 6.07) is 5.95. The van der Waals surface area contributed by atoms with Gasteiger partial charge in [-0.2, -0.15) is 0 Å². The molecule has 1 aliphatic carbocycles. The number of anilines is 1. The minimum absolute atomic E-state index is 0.0820. The average Bonchev–Trinajstić information content (AvgIpc) is 2.44. The predicted molar refractivity (Wildman–Crippen MR) is 81.0 cm³/mol. The minimum atomic E-state index is 0.0820. The highest BCUT2D eigenvalue weighted by atomic mass is 16.5. The molecule has 1 unspecified atom stereocenters. The van der Waals surface area contributed by atoms with Crippen LogP contribution in [0.5, 0.6) is 5.75 Å². The summed E-state index contributed by atoms with van der Waals surface area (Å²) in [5.41, 5.74) is 8.00. The molecule has 2 N–H and O–H groups in total. The Hall–Kier alpha value is -1.22. The van der Waals surface area contributed by atoms with Crippen molar-refractivity contribution in [2.24, 2.45) is 0 Å². The molecule has 2 aliphatic rings. The zero-order valence-corrected chi connectivity index (χ0v) is 12.4. The molecule has 1 heterocycles. The van der Waals surface area contributed by atoms with Crippen molar-refractivity contribution in [2.45, 2.75) is 63.6 Å². The fraction of sp³-hybridized carbons (Fsp3) is 0.647. The van der Waals surface area contributed by atoms with Gasteiger partial charge in [-0.15, -0.1) is 0 Å². The van der Waals surface area contributed by atoms with Gasteiger partial charge in [0.1, 0.15) is 11.9 Å². The zero-order valence-electron chi connectivity index (χ0n) is 12.4. The van der Waals surface area contributed by atoms with Crippen LogP contribution >= 0.6 is 0 Å². The van der Waals surface area contributed by atoms with Crippen molar-refractivity contribution < 1.29 is 9.47 Å². The number of rotatable bonds is 2. The lowest BCUT2D eigenvalue weighted by Gasteiger charge is -2.43. The molecule has 1 saturated carbocycles. The van der Waals surface area contributed by atoms with E-state index in [4.69, 9.17) is 15.2 Å². The Kier molecular flexibility index (Phi) is 3.88. The molecule has 3 nitrogen and oxygen atoms in total. The van der Waals surface area contributed by atoms with Crippen molar-refractivity contribution in [1.29, 1.82) is 0 Å². The molecular formula is C17H25NO2. The molecule has 3 heteroatoms. The molecule has 110 valence electrons. The first-order valence-corrected chi connectivity index (χ1v) is 7.84. The second kappa shape index (κ2) is 5.65. The van der Waals surface area contributed by atoms with Gasteiger partial charge in [0.15, 0.2) is 0 Å². The van der Waals surface area contributed by atoms with Gasteiger partial charge in [0.25, 0.3) is 0 Å². The third-order valence-electron chi connectivity index (χ3n) is 4.74. The molecule has 1 aromatic rings. The predicted octanol–water partition coefficient (Wildman–Crippen LogP) is 3.84. The summed E-state index contributed by atoms with van der Waals surface area (Å²) in [7, 11) is 0. The van der Waals surface area contributed by atoms with Gasteiger partial charge in [0, 0.05) is 12.8 Å². The van der Waals surface area contributed by atoms with Crippen LogP contribution in [-0.2, 0) is 4.74 Å². The van der Waals surface area contributed by atoms with Crippen molar-refractivity contribution >= 4 is 5.69 Å². The Morgan fingerprint density at radius 1 is 1.25 bits per heavy atom. The number of hydrogen-bond acceptors (Lipinski definition) is 3. The molecule has 2 fully saturated rings. The quantitative estimate of drug-likeness (QED) is 0.834. The molecule has 1 atom stereocenters. The summed E-state index contributed by atoms with van der Waals surface area (Å²) >= 11 is 0. The van der Waals surface area contributed by atoms with E-state index in [1.807, 2.05) is 12.1 Å². The van der Waals surface area contributed by atoms with Crippen molar-refractivity contribution in [3.05, 3.63) is 23.8 Å². The summed E-state index contributed by atoms with van der Waals surface area (Å²) in [4.78, 5) is 0. The van der Waals surface area contributed by atoms with Crippen molar-refractivity contribution in [1.82, 2.24) is 0 Å². The molecule has 1 saturated heterocycles. The molecule has 0 aromatic heterocycles. The Morgan fingerprint density at radius 2 is 2.05 bits per heavy atom. The van der Waals surface area contributed by atoms with Crippen LogP contribution in [0.3, 0.4) is 0 Å². The smallest absolute Gasteiger partial charge is 0.145 e. The first-order chi connectivity index (χ1) is 9.69. The van der Waals surface area contributed by atoms with Crippen LogP contribution in [0.25, 0.3) is 0 Å². The minimum Gasteiger partial charge on any atom is -0.488 e. The Labute approximate surface area is 121 Å². The van der Waals surface area contributed by atoms with Crippen LogP contribution < -0.4 is 10.5 Å². The normalized spacial score (nSPS) is 25.6. The van der Waals surface area contributed by atoms with E-state index in [9.17, 15) is 0 Å². The summed E-state index contributed by atoms with van der Waals surface area (Å²) in [6.45, 7) is 2.87. The number of nitrogens with two attached hydrogens (primary N) is 1. The summed E-state index contributed by atoms with van der Waals surface area (Å²) in [6.07, 6.45) is 8.53. The van der Waals surface area contributed by atoms with E-state index in [2.05, 4.69) is 13.0 Å². The Bertz CT molecular complexity index is 440. The van der Waals surface area contributed by atoms with Crippen molar-refractivity contribution in [3.8, 4) is 5.75 Å². The molecule has 3 rings (SSSR count). The second-order valence-corrected chi connectivity index (χ2v) is 6.32. The van der Waals surface area contributed by atoms with Crippen LogP contribution in [0.15, 0.2) is 18.2 Å². The molecular weight excluding hydrogens is 250 g/mol. The lowest BCUT2D eigenvalue weighted by molar-refractivity contribution is -0.129. The largest absolute Gasteiger partial charge is 0.488 e. The van der Waals surface area contributed by atoms with Gasteiger partial charge in [-0.3, -0.25) is 0 Å². The van der Waals surface area contributed by atoms with Crippen LogP contribution in [0.1, 0.15) is 50.5 Å². The van der Waals surface area contributed by atoms with E-state index in [1.165, 1.54) is 32.1 Å². The maximum Gasteiger partial charge on any atom is 0.145 e. The van der Waals surface area contributed by atoms with Gasteiger partial charge in [0.05, 0.1) is 17.9 Å². The van der Waals surface area contributed by atoms with E-state index in [0.717, 1.165) is 36.4 Å². The highest BCUT2D eigenvalue weighted by molar-refractivity contribution is 5.56. The third-order valence-corrected chi connectivity index (χ3v) is 4.74. The molecule has 0 amide bonds. The van der Waals surface area contributed by atoms with Gasteiger partial charge in [-0.25, -0.2) is 0 Å². The first-order valence-electron chi connectivity index (χ1n) is 7.84. The molecule has 0 bridgehead atoms.